The summed E-state index contributed by atoms with van der Waals surface area (Å²) in [5.41, 5.74) is 2.19. The van der Waals surface area contributed by atoms with Crippen LogP contribution in [0, 0.1) is 0 Å². The number of rotatable bonds is 2. The molecule has 0 saturated heterocycles. The Morgan fingerprint density at radius 1 is 1.14 bits per heavy atom. The third-order valence-corrected chi connectivity index (χ3v) is 2.56. The zero-order chi connectivity index (χ0) is 9.97. The molecular formula is C12H15NO. The van der Waals surface area contributed by atoms with Gasteiger partial charge in [0.05, 0.1) is 6.10 Å². The molecule has 0 amide bonds. The van der Waals surface area contributed by atoms with Crippen LogP contribution < -0.4 is 4.90 Å². The highest BCUT2D eigenvalue weighted by Crippen LogP contribution is 2.20. The van der Waals surface area contributed by atoms with Gasteiger partial charge in [-0.25, -0.2) is 0 Å². The highest BCUT2D eigenvalue weighted by atomic mass is 16.3. The second kappa shape index (κ2) is 3.84. The maximum absolute atomic E-state index is 9.35. The first kappa shape index (κ1) is 9.28. The molecule has 1 aromatic rings. The zero-order valence-electron chi connectivity index (χ0n) is 8.35. The second-order valence-corrected chi connectivity index (χ2v) is 3.64. The molecule has 2 heteroatoms. The number of aliphatic hydroxyl groups excluding tert-OH is 1. The highest BCUT2D eigenvalue weighted by molar-refractivity contribution is 5.50. The van der Waals surface area contributed by atoms with Gasteiger partial charge in [0.2, 0.25) is 0 Å². The summed E-state index contributed by atoms with van der Waals surface area (Å²) >= 11 is 0. The van der Waals surface area contributed by atoms with E-state index in [-0.39, 0.29) is 6.10 Å². The van der Waals surface area contributed by atoms with Crippen molar-refractivity contribution in [3.63, 3.8) is 0 Å². The molecule has 1 aliphatic rings. The SMILES string of the molecule is C[C@H](O)c1ccc(N2CC=CC2)cc1. The molecule has 74 valence electrons. The molecular weight excluding hydrogens is 174 g/mol. The van der Waals surface area contributed by atoms with E-state index >= 15 is 0 Å². The van der Waals surface area contributed by atoms with Crippen LogP contribution in [0.5, 0.6) is 0 Å². The van der Waals surface area contributed by atoms with Crippen LogP contribution in [0.1, 0.15) is 18.6 Å². The molecule has 1 heterocycles. The monoisotopic (exact) mass is 189 g/mol. The molecule has 0 radical (unpaired) electrons. The Bertz CT molecular complexity index is 319. The van der Waals surface area contributed by atoms with E-state index in [1.54, 1.807) is 6.92 Å². The standard InChI is InChI=1S/C12H15NO/c1-10(14)11-4-6-12(7-5-11)13-8-2-3-9-13/h2-7,10,14H,8-9H2,1H3/t10-/m0/s1. The molecule has 0 spiro atoms. The first-order valence-electron chi connectivity index (χ1n) is 4.95. The molecule has 2 rings (SSSR count). The fourth-order valence-electron chi connectivity index (χ4n) is 1.65. The maximum Gasteiger partial charge on any atom is 0.0761 e. The van der Waals surface area contributed by atoms with Gasteiger partial charge in [-0.1, -0.05) is 24.3 Å². The molecule has 1 aliphatic heterocycles. The Kier molecular flexibility index (Phi) is 2.55. The topological polar surface area (TPSA) is 23.5 Å². The van der Waals surface area contributed by atoms with Gasteiger partial charge in [0.25, 0.3) is 0 Å². The molecule has 1 atom stereocenters. The van der Waals surface area contributed by atoms with E-state index in [4.69, 9.17) is 0 Å². The lowest BCUT2D eigenvalue weighted by Gasteiger charge is -2.18. The summed E-state index contributed by atoms with van der Waals surface area (Å²) in [7, 11) is 0. The van der Waals surface area contributed by atoms with Gasteiger partial charge in [0, 0.05) is 18.8 Å². The predicted octanol–water partition coefficient (Wildman–Crippen LogP) is 2.12. The number of benzene rings is 1. The van der Waals surface area contributed by atoms with Crippen molar-refractivity contribution in [2.45, 2.75) is 13.0 Å². The van der Waals surface area contributed by atoms with Crippen LogP contribution in [-0.4, -0.2) is 18.2 Å². The zero-order valence-corrected chi connectivity index (χ0v) is 8.35. The van der Waals surface area contributed by atoms with Crippen LogP contribution in [-0.2, 0) is 0 Å². The highest BCUT2D eigenvalue weighted by Gasteiger charge is 2.07. The van der Waals surface area contributed by atoms with Crippen molar-refractivity contribution >= 4 is 5.69 Å². The number of nitrogens with zero attached hydrogens (tertiary/aromatic N) is 1. The summed E-state index contributed by atoms with van der Waals surface area (Å²) in [4.78, 5) is 2.28. The van der Waals surface area contributed by atoms with Gasteiger partial charge in [0.15, 0.2) is 0 Å². The van der Waals surface area contributed by atoms with E-state index in [2.05, 4.69) is 29.2 Å². The summed E-state index contributed by atoms with van der Waals surface area (Å²) in [6.45, 7) is 3.77. The maximum atomic E-state index is 9.35. The minimum absolute atomic E-state index is 0.374. The van der Waals surface area contributed by atoms with Gasteiger partial charge in [0.1, 0.15) is 0 Å². The van der Waals surface area contributed by atoms with Crippen molar-refractivity contribution < 1.29 is 5.11 Å². The molecule has 0 unspecified atom stereocenters. The predicted molar refractivity (Wildman–Crippen MR) is 58.4 cm³/mol. The first-order chi connectivity index (χ1) is 6.77. The lowest BCUT2D eigenvalue weighted by Crippen LogP contribution is -2.18. The summed E-state index contributed by atoms with van der Waals surface area (Å²) in [6.07, 6.45) is 3.96. The van der Waals surface area contributed by atoms with Crippen LogP contribution in [0.15, 0.2) is 36.4 Å². The van der Waals surface area contributed by atoms with Crippen molar-refractivity contribution in [1.82, 2.24) is 0 Å². The fraction of sp³-hybridized carbons (Fsp3) is 0.333. The van der Waals surface area contributed by atoms with Crippen molar-refractivity contribution in [1.29, 1.82) is 0 Å². The van der Waals surface area contributed by atoms with E-state index in [0.29, 0.717) is 0 Å². The van der Waals surface area contributed by atoms with Crippen molar-refractivity contribution in [2.75, 3.05) is 18.0 Å². The summed E-state index contributed by atoms with van der Waals surface area (Å²) in [6, 6.07) is 8.10. The summed E-state index contributed by atoms with van der Waals surface area (Å²) < 4.78 is 0. The number of hydrogen-bond donors (Lipinski definition) is 1. The molecule has 1 aromatic carbocycles. The van der Waals surface area contributed by atoms with Gasteiger partial charge < -0.3 is 10.0 Å². The molecule has 2 nitrogen and oxygen atoms in total. The van der Waals surface area contributed by atoms with Crippen LogP contribution >= 0.6 is 0 Å². The lowest BCUT2D eigenvalue weighted by atomic mass is 10.1. The van der Waals surface area contributed by atoms with Gasteiger partial charge >= 0.3 is 0 Å². The molecule has 0 aliphatic carbocycles. The van der Waals surface area contributed by atoms with E-state index in [1.165, 1.54) is 5.69 Å². The Morgan fingerprint density at radius 3 is 2.21 bits per heavy atom. The average molecular weight is 189 g/mol. The number of anilines is 1. The Morgan fingerprint density at radius 2 is 1.71 bits per heavy atom. The quantitative estimate of drug-likeness (QED) is 0.720. The van der Waals surface area contributed by atoms with Crippen molar-refractivity contribution in [3.8, 4) is 0 Å². The Balaban J connectivity index is 2.13. The van der Waals surface area contributed by atoms with E-state index in [1.807, 2.05) is 12.1 Å². The fourth-order valence-corrected chi connectivity index (χ4v) is 1.65. The van der Waals surface area contributed by atoms with Gasteiger partial charge in [-0.05, 0) is 24.6 Å². The van der Waals surface area contributed by atoms with Crippen molar-refractivity contribution in [2.24, 2.45) is 0 Å². The summed E-state index contributed by atoms with van der Waals surface area (Å²) in [5, 5.41) is 9.35. The van der Waals surface area contributed by atoms with Gasteiger partial charge in [-0.3, -0.25) is 0 Å². The second-order valence-electron chi connectivity index (χ2n) is 3.64. The molecule has 0 aromatic heterocycles. The number of aliphatic hydroxyl groups is 1. The average Bonchev–Trinajstić information content (AvgIpc) is 2.71. The summed E-state index contributed by atoms with van der Waals surface area (Å²) in [5.74, 6) is 0. The minimum Gasteiger partial charge on any atom is -0.389 e. The smallest absolute Gasteiger partial charge is 0.0761 e. The van der Waals surface area contributed by atoms with Crippen LogP contribution in [0.2, 0.25) is 0 Å². The molecule has 0 fully saturated rings. The van der Waals surface area contributed by atoms with E-state index in [0.717, 1.165) is 18.7 Å². The van der Waals surface area contributed by atoms with Crippen LogP contribution in [0.4, 0.5) is 5.69 Å². The largest absolute Gasteiger partial charge is 0.389 e. The third-order valence-electron chi connectivity index (χ3n) is 2.56. The van der Waals surface area contributed by atoms with Crippen LogP contribution in [0.3, 0.4) is 0 Å². The molecule has 14 heavy (non-hydrogen) atoms. The van der Waals surface area contributed by atoms with Gasteiger partial charge in [-0.15, -0.1) is 0 Å². The van der Waals surface area contributed by atoms with Gasteiger partial charge in [-0.2, -0.15) is 0 Å². The van der Waals surface area contributed by atoms with Crippen molar-refractivity contribution in [3.05, 3.63) is 42.0 Å². The molecule has 1 N–H and O–H groups in total. The van der Waals surface area contributed by atoms with Crippen LogP contribution in [0.25, 0.3) is 0 Å². The Hall–Kier alpha value is -1.28. The normalized spacial score (nSPS) is 17.4. The first-order valence-corrected chi connectivity index (χ1v) is 4.95. The molecule has 0 bridgehead atoms. The molecule has 0 saturated carbocycles. The third kappa shape index (κ3) is 1.80. The number of hydrogen-bond acceptors (Lipinski definition) is 2. The minimum atomic E-state index is -0.374. The lowest BCUT2D eigenvalue weighted by molar-refractivity contribution is 0.199. The van der Waals surface area contributed by atoms with E-state index < -0.39 is 0 Å². The van der Waals surface area contributed by atoms with E-state index in [9.17, 15) is 5.11 Å². The Labute approximate surface area is 84.5 Å².